The van der Waals surface area contributed by atoms with E-state index in [0.29, 0.717) is 5.69 Å². The smallest absolute Gasteiger partial charge is 0.260 e. The van der Waals surface area contributed by atoms with Crippen LogP contribution in [0.4, 0.5) is 10.1 Å². The van der Waals surface area contributed by atoms with Crippen molar-refractivity contribution >= 4 is 46.1 Å². The summed E-state index contributed by atoms with van der Waals surface area (Å²) in [7, 11) is 0. The molecule has 0 bridgehead atoms. The van der Waals surface area contributed by atoms with Crippen LogP contribution in [0.25, 0.3) is 0 Å². The van der Waals surface area contributed by atoms with Crippen molar-refractivity contribution in [1.29, 1.82) is 0 Å². The molecule has 8 heteroatoms. The molecular formula is C17H12Cl2FN3OS. The maximum absolute atomic E-state index is 13.2. The summed E-state index contributed by atoms with van der Waals surface area (Å²) in [6.07, 6.45) is 1.36. The van der Waals surface area contributed by atoms with E-state index in [2.05, 4.69) is 9.97 Å². The van der Waals surface area contributed by atoms with E-state index in [9.17, 15) is 9.18 Å². The van der Waals surface area contributed by atoms with Crippen LogP contribution < -0.4 is 4.90 Å². The van der Waals surface area contributed by atoms with Crippen molar-refractivity contribution in [3.8, 4) is 0 Å². The molecule has 0 aliphatic rings. The number of rotatable bonds is 4. The minimum atomic E-state index is -0.378. The van der Waals surface area contributed by atoms with Crippen LogP contribution in [0.1, 0.15) is 21.1 Å². The Morgan fingerprint density at radius 3 is 2.60 bits per heavy atom. The predicted octanol–water partition coefficient (Wildman–Crippen LogP) is 5.14. The van der Waals surface area contributed by atoms with Gasteiger partial charge in [-0.15, -0.1) is 11.3 Å². The summed E-state index contributed by atoms with van der Waals surface area (Å²) in [5.74, 6) is -0.708. The number of thiazole rings is 1. The lowest BCUT2D eigenvalue weighted by molar-refractivity contribution is 0.0984. The fraction of sp³-hybridized carbons (Fsp3) is 0.118. The highest BCUT2D eigenvalue weighted by Crippen LogP contribution is 2.24. The third-order valence-electron chi connectivity index (χ3n) is 3.41. The van der Waals surface area contributed by atoms with E-state index in [0.717, 1.165) is 10.7 Å². The van der Waals surface area contributed by atoms with Gasteiger partial charge in [-0.25, -0.2) is 14.4 Å². The second kappa shape index (κ2) is 7.47. The molecule has 128 valence electrons. The van der Waals surface area contributed by atoms with Crippen LogP contribution in [-0.4, -0.2) is 15.9 Å². The fourth-order valence-corrected chi connectivity index (χ4v) is 3.11. The number of hydrogen-bond acceptors (Lipinski definition) is 4. The van der Waals surface area contributed by atoms with Gasteiger partial charge in [0.25, 0.3) is 5.91 Å². The van der Waals surface area contributed by atoms with E-state index in [1.54, 1.807) is 0 Å². The highest BCUT2D eigenvalue weighted by molar-refractivity contribution is 7.09. The Hall–Kier alpha value is -2.02. The molecule has 0 fully saturated rings. The summed E-state index contributed by atoms with van der Waals surface area (Å²) >= 11 is 13.3. The van der Waals surface area contributed by atoms with E-state index in [1.165, 1.54) is 52.8 Å². The molecule has 0 spiro atoms. The van der Waals surface area contributed by atoms with Crippen LogP contribution in [0.15, 0.2) is 41.9 Å². The number of amides is 1. The first-order chi connectivity index (χ1) is 11.9. The lowest BCUT2D eigenvalue weighted by atomic mass is 10.2. The van der Waals surface area contributed by atoms with Gasteiger partial charge in [-0.2, -0.15) is 0 Å². The number of aromatic nitrogens is 2. The molecule has 1 amide bonds. The van der Waals surface area contributed by atoms with Crippen LogP contribution in [0, 0.1) is 12.7 Å². The topological polar surface area (TPSA) is 46.1 Å². The maximum Gasteiger partial charge on any atom is 0.260 e. The zero-order valence-corrected chi connectivity index (χ0v) is 15.4. The molecule has 2 heterocycles. The Morgan fingerprint density at radius 2 is 2.00 bits per heavy atom. The zero-order valence-electron chi connectivity index (χ0n) is 13.0. The summed E-state index contributed by atoms with van der Waals surface area (Å²) in [6.45, 7) is 2.14. The molecule has 2 aromatic heterocycles. The van der Waals surface area contributed by atoms with Gasteiger partial charge in [0, 0.05) is 17.3 Å². The van der Waals surface area contributed by atoms with Gasteiger partial charge in [0.2, 0.25) is 0 Å². The van der Waals surface area contributed by atoms with E-state index >= 15 is 0 Å². The number of hydrogen-bond donors (Lipinski definition) is 0. The number of halogens is 3. The van der Waals surface area contributed by atoms with Crippen LogP contribution in [0.2, 0.25) is 10.2 Å². The van der Waals surface area contributed by atoms with Gasteiger partial charge < -0.3 is 4.90 Å². The molecule has 4 nitrogen and oxygen atoms in total. The van der Waals surface area contributed by atoms with Gasteiger partial charge in [0.05, 0.1) is 27.8 Å². The van der Waals surface area contributed by atoms with Crippen molar-refractivity contribution in [3.05, 3.63) is 74.2 Å². The van der Waals surface area contributed by atoms with Gasteiger partial charge in [-0.3, -0.25) is 4.79 Å². The van der Waals surface area contributed by atoms with Crippen LogP contribution in [-0.2, 0) is 6.54 Å². The second-order valence-electron chi connectivity index (χ2n) is 5.22. The summed E-state index contributed by atoms with van der Waals surface area (Å²) in [6, 6.07) is 7.14. The highest BCUT2D eigenvalue weighted by atomic mass is 35.5. The summed E-state index contributed by atoms with van der Waals surface area (Å²) in [5, 5.41) is 3.10. The SMILES string of the molecule is Cc1nc(CN(C(=O)c2cnc(Cl)c(Cl)c2)c2ccc(F)cc2)cs1. The van der Waals surface area contributed by atoms with Crippen molar-refractivity contribution in [2.45, 2.75) is 13.5 Å². The Labute approximate surface area is 157 Å². The second-order valence-corrected chi connectivity index (χ2v) is 7.05. The highest BCUT2D eigenvalue weighted by Gasteiger charge is 2.20. The predicted molar refractivity (Wildman–Crippen MR) is 98.0 cm³/mol. The molecule has 0 saturated heterocycles. The molecule has 0 aliphatic heterocycles. The number of benzene rings is 1. The summed E-state index contributed by atoms with van der Waals surface area (Å²) in [5.41, 5.74) is 1.57. The molecule has 0 aliphatic carbocycles. The molecule has 0 radical (unpaired) electrons. The fourth-order valence-electron chi connectivity index (χ4n) is 2.24. The first-order valence-electron chi connectivity index (χ1n) is 7.23. The van der Waals surface area contributed by atoms with Crippen molar-refractivity contribution < 1.29 is 9.18 Å². The number of anilines is 1. The van der Waals surface area contributed by atoms with Gasteiger partial charge in [0.1, 0.15) is 11.0 Å². The molecule has 0 saturated carbocycles. The van der Waals surface area contributed by atoms with Crippen molar-refractivity contribution in [3.63, 3.8) is 0 Å². The Bertz CT molecular complexity index is 915. The average molecular weight is 396 g/mol. The Balaban J connectivity index is 1.98. The maximum atomic E-state index is 13.2. The third kappa shape index (κ3) is 4.15. The van der Waals surface area contributed by atoms with E-state index < -0.39 is 0 Å². The first-order valence-corrected chi connectivity index (χ1v) is 8.87. The van der Waals surface area contributed by atoms with Gasteiger partial charge in [-0.05, 0) is 37.3 Å². The minimum absolute atomic E-state index is 0.127. The number of pyridine rings is 1. The van der Waals surface area contributed by atoms with Gasteiger partial charge in [-0.1, -0.05) is 23.2 Å². The quantitative estimate of drug-likeness (QED) is 0.574. The lowest BCUT2D eigenvalue weighted by Gasteiger charge is -2.22. The molecule has 3 aromatic rings. The Kier molecular flexibility index (Phi) is 5.32. The van der Waals surface area contributed by atoms with E-state index in [4.69, 9.17) is 23.2 Å². The van der Waals surface area contributed by atoms with Crippen LogP contribution in [0.5, 0.6) is 0 Å². The van der Waals surface area contributed by atoms with Gasteiger partial charge >= 0.3 is 0 Å². The lowest BCUT2D eigenvalue weighted by Crippen LogP contribution is -2.30. The number of carbonyl (C=O) groups excluding carboxylic acids is 1. The van der Waals surface area contributed by atoms with Crippen LogP contribution >= 0.6 is 34.5 Å². The summed E-state index contributed by atoms with van der Waals surface area (Å²) < 4.78 is 13.2. The molecule has 0 unspecified atom stereocenters. The Morgan fingerprint density at radius 1 is 1.28 bits per heavy atom. The van der Waals surface area contributed by atoms with E-state index in [1.807, 2.05) is 12.3 Å². The number of nitrogens with zero attached hydrogens (tertiary/aromatic N) is 3. The monoisotopic (exact) mass is 395 g/mol. The van der Waals surface area contributed by atoms with Crippen molar-refractivity contribution in [2.75, 3.05) is 4.90 Å². The van der Waals surface area contributed by atoms with Crippen molar-refractivity contribution in [1.82, 2.24) is 9.97 Å². The molecular weight excluding hydrogens is 384 g/mol. The average Bonchev–Trinajstić information content (AvgIpc) is 3.01. The molecule has 25 heavy (non-hydrogen) atoms. The largest absolute Gasteiger partial charge is 0.302 e. The third-order valence-corrected chi connectivity index (χ3v) is 4.92. The molecule has 0 atom stereocenters. The molecule has 3 rings (SSSR count). The summed E-state index contributed by atoms with van der Waals surface area (Å²) in [4.78, 5) is 22.8. The minimum Gasteiger partial charge on any atom is -0.302 e. The number of aryl methyl sites for hydroxylation is 1. The first kappa shape index (κ1) is 17.8. The normalized spacial score (nSPS) is 10.7. The van der Waals surface area contributed by atoms with Gasteiger partial charge in [0.15, 0.2) is 0 Å². The van der Waals surface area contributed by atoms with Crippen LogP contribution in [0.3, 0.4) is 0 Å². The van der Waals surface area contributed by atoms with E-state index in [-0.39, 0.29) is 34.0 Å². The zero-order chi connectivity index (χ0) is 18.0. The number of carbonyl (C=O) groups is 1. The molecule has 0 N–H and O–H groups in total. The standard InChI is InChI=1S/C17H12Cl2FN3OS/c1-10-22-13(9-25-10)8-23(14-4-2-12(20)3-5-14)17(24)11-6-15(18)16(19)21-7-11/h2-7,9H,8H2,1H3. The molecule has 1 aromatic carbocycles. The van der Waals surface area contributed by atoms with Crippen molar-refractivity contribution in [2.24, 2.45) is 0 Å².